The average molecular weight is 512 g/mol. The first-order valence-corrected chi connectivity index (χ1v) is 11.0. The Kier molecular flexibility index (Phi) is 6.64. The largest absolute Gasteiger partial charge is 0.406 e. The van der Waals surface area contributed by atoms with E-state index in [-0.39, 0.29) is 25.3 Å². The van der Waals surface area contributed by atoms with E-state index in [0.717, 1.165) is 12.1 Å². The molecule has 0 saturated carbocycles. The number of carbonyl (C=O) groups excluding carboxylic acids is 3. The Morgan fingerprint density at radius 3 is 2.69 bits per heavy atom. The van der Waals surface area contributed by atoms with Crippen LogP contribution in [0.25, 0.3) is 0 Å². The molecule has 0 aliphatic carbocycles. The van der Waals surface area contributed by atoms with E-state index in [2.05, 4.69) is 10.4 Å². The van der Waals surface area contributed by atoms with Crippen molar-refractivity contribution < 1.29 is 36.8 Å². The van der Waals surface area contributed by atoms with E-state index >= 15 is 0 Å². The number of benzene rings is 1. The van der Waals surface area contributed by atoms with Crippen molar-refractivity contribution in [2.75, 3.05) is 32.5 Å². The fourth-order valence-corrected chi connectivity index (χ4v) is 4.19. The van der Waals surface area contributed by atoms with E-state index in [4.69, 9.17) is 4.84 Å². The van der Waals surface area contributed by atoms with Crippen molar-refractivity contribution in [2.45, 2.75) is 38.7 Å². The van der Waals surface area contributed by atoms with Crippen LogP contribution in [0.3, 0.4) is 0 Å². The third-order valence-corrected chi connectivity index (χ3v) is 5.98. The number of hydrogen-bond donors (Lipinski definition) is 1. The summed E-state index contributed by atoms with van der Waals surface area (Å²) in [6.07, 6.45) is -5.69. The number of nitrogens with one attached hydrogen (secondary N) is 1. The van der Waals surface area contributed by atoms with Gasteiger partial charge in [-0.2, -0.15) is 18.3 Å². The Hall–Kier alpha value is -3.68. The van der Waals surface area contributed by atoms with Crippen molar-refractivity contribution in [1.29, 1.82) is 0 Å². The van der Waals surface area contributed by atoms with Gasteiger partial charge in [-0.05, 0) is 30.7 Å². The number of fused-ring (bicyclic) bond motifs is 3. The van der Waals surface area contributed by atoms with Crippen LogP contribution in [0, 0.1) is 12.7 Å². The normalized spacial score (nSPS) is 17.9. The minimum atomic E-state index is -4.59. The molecule has 1 N–H and O–H groups in total. The summed E-state index contributed by atoms with van der Waals surface area (Å²) in [5, 5.41) is 7.89. The summed E-state index contributed by atoms with van der Waals surface area (Å²) in [4.78, 5) is 45.8. The zero-order valence-corrected chi connectivity index (χ0v) is 19.7. The Balaban J connectivity index is 1.54. The molecule has 1 atom stereocenters. The third-order valence-electron chi connectivity index (χ3n) is 5.98. The summed E-state index contributed by atoms with van der Waals surface area (Å²) in [7, 11) is 2.26. The molecule has 36 heavy (non-hydrogen) atoms. The number of alkyl halides is 3. The number of nitrogens with zero attached hydrogens (tertiary/aromatic N) is 5. The summed E-state index contributed by atoms with van der Waals surface area (Å²) in [5.41, 5.74) is 1.88. The van der Waals surface area contributed by atoms with Gasteiger partial charge in [-0.1, -0.05) is 0 Å². The number of aromatic nitrogens is 2. The number of carbonyl (C=O) groups is 3. The van der Waals surface area contributed by atoms with Gasteiger partial charge in [0, 0.05) is 38.3 Å². The Morgan fingerprint density at radius 2 is 2.03 bits per heavy atom. The molecule has 0 fully saturated rings. The molecule has 1 aromatic heterocycles. The molecule has 0 radical (unpaired) electrons. The van der Waals surface area contributed by atoms with Crippen LogP contribution in [0.15, 0.2) is 18.2 Å². The summed E-state index contributed by atoms with van der Waals surface area (Å²) in [6, 6.07) is 3.72. The van der Waals surface area contributed by atoms with E-state index in [9.17, 15) is 31.9 Å². The molecular formula is C22H24F4N6O4. The number of likely N-dealkylation sites (N-methyl/N-ethyl adjacent to an activating group) is 1. The highest BCUT2D eigenvalue weighted by atomic mass is 19.4. The van der Waals surface area contributed by atoms with E-state index in [0.29, 0.717) is 33.8 Å². The van der Waals surface area contributed by atoms with E-state index in [1.54, 1.807) is 6.92 Å². The van der Waals surface area contributed by atoms with Gasteiger partial charge in [0.1, 0.15) is 18.1 Å². The molecule has 4 rings (SSSR count). The van der Waals surface area contributed by atoms with Gasteiger partial charge < -0.3 is 15.1 Å². The Labute approximate surface area is 203 Å². The lowest BCUT2D eigenvalue weighted by Gasteiger charge is -2.27. The van der Waals surface area contributed by atoms with Crippen LogP contribution in [-0.4, -0.2) is 82.0 Å². The highest BCUT2D eigenvalue weighted by Gasteiger charge is 2.40. The topological polar surface area (TPSA) is 100 Å². The molecule has 4 amide bonds. The first-order valence-electron chi connectivity index (χ1n) is 11.0. The van der Waals surface area contributed by atoms with Gasteiger partial charge in [0.25, 0.3) is 11.8 Å². The quantitative estimate of drug-likeness (QED) is 0.637. The van der Waals surface area contributed by atoms with E-state index < -0.39 is 42.5 Å². The smallest absolute Gasteiger partial charge is 0.334 e. The second kappa shape index (κ2) is 9.41. The van der Waals surface area contributed by atoms with Crippen LogP contribution >= 0.6 is 0 Å². The number of halogens is 4. The van der Waals surface area contributed by atoms with Crippen molar-refractivity contribution in [2.24, 2.45) is 0 Å². The maximum atomic E-state index is 13.5. The van der Waals surface area contributed by atoms with Crippen LogP contribution in [0.2, 0.25) is 0 Å². The lowest BCUT2D eigenvalue weighted by molar-refractivity contribution is -0.186. The molecule has 0 spiro atoms. The third kappa shape index (κ3) is 5.12. The van der Waals surface area contributed by atoms with Gasteiger partial charge in [0.15, 0.2) is 6.10 Å². The summed E-state index contributed by atoms with van der Waals surface area (Å²) in [6.45, 7) is 0.142. The van der Waals surface area contributed by atoms with Gasteiger partial charge in [-0.25, -0.2) is 14.2 Å². The van der Waals surface area contributed by atoms with Crippen LogP contribution in [0.5, 0.6) is 0 Å². The first kappa shape index (κ1) is 25.4. The minimum Gasteiger partial charge on any atom is -0.334 e. The molecule has 3 heterocycles. The zero-order chi connectivity index (χ0) is 26.4. The summed E-state index contributed by atoms with van der Waals surface area (Å²) < 4.78 is 53.0. The highest BCUT2D eigenvalue weighted by Crippen LogP contribution is 2.27. The monoisotopic (exact) mass is 512 g/mol. The highest BCUT2D eigenvalue weighted by molar-refractivity contribution is 5.95. The van der Waals surface area contributed by atoms with E-state index in [1.165, 1.54) is 34.8 Å². The fraction of sp³-hybridized carbons (Fsp3) is 0.455. The summed E-state index contributed by atoms with van der Waals surface area (Å²) in [5.74, 6) is -2.00. The average Bonchev–Trinajstić information content (AvgIpc) is 3.09. The van der Waals surface area contributed by atoms with Crippen LogP contribution in [0.1, 0.15) is 27.3 Å². The van der Waals surface area contributed by atoms with E-state index in [1.807, 2.05) is 0 Å². The lowest BCUT2D eigenvalue weighted by atomic mass is 10.1. The number of rotatable bonds is 3. The van der Waals surface area contributed by atoms with Crippen molar-refractivity contribution in [1.82, 2.24) is 24.6 Å². The minimum absolute atomic E-state index is 0.0306. The molecule has 2 aromatic rings. The molecular weight excluding hydrogens is 488 g/mol. The molecule has 10 nitrogen and oxygen atoms in total. The standard InChI is InChI=1S/C22H24F4N6O4/c1-12-8-13(4-5-15(12)23)27-21(35)31-7-6-16-14(9-31)18-20(34)30(3)36-17(10-32(18)28-16)19(33)29(2)11-22(24,25)26/h4-5,8,17H,6-7,9-11H2,1-3H3,(H,27,35). The molecule has 1 aromatic carbocycles. The second-order valence-corrected chi connectivity index (χ2v) is 8.73. The number of amides is 4. The SMILES string of the molecule is Cc1cc(NC(=O)N2CCc3nn4c(c3C2)C(=O)N(C)OC(C(=O)N(C)CC(F)(F)F)C4)ccc1F. The second-order valence-electron chi connectivity index (χ2n) is 8.73. The number of aryl methyl sites for hydroxylation is 1. The molecule has 2 aliphatic heterocycles. The number of anilines is 1. The van der Waals surface area contributed by atoms with Gasteiger partial charge in [-0.3, -0.25) is 19.1 Å². The lowest BCUT2D eigenvalue weighted by Crippen LogP contribution is -2.45. The number of urea groups is 1. The number of hydrogen-bond acceptors (Lipinski definition) is 5. The molecule has 14 heteroatoms. The molecule has 1 unspecified atom stereocenters. The predicted molar refractivity (Wildman–Crippen MR) is 117 cm³/mol. The molecule has 2 aliphatic rings. The Morgan fingerprint density at radius 1 is 1.31 bits per heavy atom. The first-order chi connectivity index (χ1) is 16.8. The van der Waals surface area contributed by atoms with Gasteiger partial charge in [0.2, 0.25) is 0 Å². The van der Waals surface area contributed by atoms with Crippen molar-refractivity contribution >= 4 is 23.5 Å². The van der Waals surface area contributed by atoms with Gasteiger partial charge >= 0.3 is 12.2 Å². The molecule has 194 valence electrons. The molecule has 0 saturated heterocycles. The summed E-state index contributed by atoms with van der Waals surface area (Å²) >= 11 is 0. The number of hydroxylamine groups is 2. The van der Waals surface area contributed by atoms with Crippen LogP contribution in [0.4, 0.5) is 28.0 Å². The van der Waals surface area contributed by atoms with Crippen LogP contribution < -0.4 is 5.32 Å². The Bertz CT molecular complexity index is 1210. The van der Waals surface area contributed by atoms with Crippen LogP contribution in [-0.2, 0) is 29.1 Å². The van der Waals surface area contributed by atoms with Crippen molar-refractivity contribution in [3.8, 4) is 0 Å². The molecule has 0 bridgehead atoms. The fourth-order valence-electron chi connectivity index (χ4n) is 4.19. The maximum absolute atomic E-state index is 13.5. The van der Waals surface area contributed by atoms with Crippen molar-refractivity contribution in [3.63, 3.8) is 0 Å². The maximum Gasteiger partial charge on any atom is 0.406 e. The van der Waals surface area contributed by atoms with Crippen molar-refractivity contribution in [3.05, 3.63) is 46.5 Å². The van der Waals surface area contributed by atoms with Gasteiger partial charge in [0.05, 0.1) is 18.8 Å². The zero-order valence-electron chi connectivity index (χ0n) is 19.7. The predicted octanol–water partition coefficient (Wildman–Crippen LogP) is 2.33. The van der Waals surface area contributed by atoms with Gasteiger partial charge in [-0.15, -0.1) is 0 Å².